The van der Waals surface area contributed by atoms with Crippen LogP contribution in [0.2, 0.25) is 0 Å². The van der Waals surface area contributed by atoms with Crippen molar-refractivity contribution in [1.82, 2.24) is 0 Å². The number of rotatable bonds is 3. The van der Waals surface area contributed by atoms with Gasteiger partial charge in [-0.3, -0.25) is 9.59 Å². The molecule has 142 valence electrons. The summed E-state index contributed by atoms with van der Waals surface area (Å²) in [5, 5.41) is 2.34. The summed E-state index contributed by atoms with van der Waals surface area (Å²) in [4.78, 5) is 26.5. The Morgan fingerprint density at radius 2 is 1.70 bits per heavy atom. The number of hydrogen-bond donors (Lipinski definition) is 1. The van der Waals surface area contributed by atoms with E-state index >= 15 is 0 Å². The Kier molecular flexibility index (Phi) is 4.95. The molecule has 1 N–H and O–H groups in total. The van der Waals surface area contributed by atoms with Crippen molar-refractivity contribution in [2.75, 3.05) is 16.8 Å². The fraction of sp³-hybridized carbons (Fsp3) is 0.300. The second kappa shape index (κ2) is 7.06. The lowest BCUT2D eigenvalue weighted by Gasteiger charge is -2.21. The molecule has 0 saturated carbocycles. The van der Waals surface area contributed by atoms with E-state index in [2.05, 4.69) is 5.32 Å². The van der Waals surface area contributed by atoms with Gasteiger partial charge < -0.3 is 10.2 Å². The first kappa shape index (κ1) is 18.9. The Labute approximate surface area is 155 Å². The second-order valence-electron chi connectivity index (χ2n) is 6.68. The van der Waals surface area contributed by atoms with Gasteiger partial charge in [0.1, 0.15) is 0 Å². The van der Waals surface area contributed by atoms with Crippen LogP contribution >= 0.6 is 0 Å². The molecule has 27 heavy (non-hydrogen) atoms. The maximum Gasteiger partial charge on any atom is 0.418 e. The minimum atomic E-state index is -4.57. The third-order valence-electron chi connectivity index (χ3n) is 4.70. The lowest BCUT2D eigenvalue weighted by atomic mass is 10.1. The van der Waals surface area contributed by atoms with Crippen LogP contribution in [0.1, 0.15) is 23.1 Å². The van der Waals surface area contributed by atoms with Gasteiger partial charge in [-0.15, -0.1) is 0 Å². The van der Waals surface area contributed by atoms with Gasteiger partial charge in [-0.25, -0.2) is 0 Å². The van der Waals surface area contributed by atoms with Gasteiger partial charge in [-0.1, -0.05) is 30.3 Å². The zero-order chi connectivity index (χ0) is 19.8. The Bertz CT molecular complexity index is 873. The normalized spacial score (nSPS) is 17.3. The molecule has 2 aromatic rings. The van der Waals surface area contributed by atoms with Crippen molar-refractivity contribution in [3.63, 3.8) is 0 Å². The number of hydrogen-bond acceptors (Lipinski definition) is 2. The smallest absolute Gasteiger partial charge is 0.325 e. The standard InChI is InChI=1S/C20H19F3N2O2/c1-12-6-5-7-13(2)18(12)25-11-14(10-17(25)26)19(27)24-16-9-4-3-8-15(16)20(21,22)23/h3-9,14H,10-11H2,1-2H3,(H,24,27)/t14-/m1/s1. The van der Waals surface area contributed by atoms with Gasteiger partial charge in [0.15, 0.2) is 0 Å². The van der Waals surface area contributed by atoms with Crippen molar-refractivity contribution in [2.45, 2.75) is 26.4 Å². The molecular weight excluding hydrogens is 357 g/mol. The summed E-state index contributed by atoms with van der Waals surface area (Å²) in [7, 11) is 0. The highest BCUT2D eigenvalue weighted by Crippen LogP contribution is 2.36. The Balaban J connectivity index is 1.80. The van der Waals surface area contributed by atoms with Crippen molar-refractivity contribution in [1.29, 1.82) is 0 Å². The molecule has 7 heteroatoms. The van der Waals surface area contributed by atoms with Gasteiger partial charge in [-0.2, -0.15) is 13.2 Å². The molecule has 2 aromatic carbocycles. The molecule has 0 radical (unpaired) electrons. The van der Waals surface area contributed by atoms with Crippen LogP contribution < -0.4 is 10.2 Å². The van der Waals surface area contributed by atoms with Gasteiger partial charge in [0.05, 0.1) is 17.2 Å². The molecule has 4 nitrogen and oxygen atoms in total. The van der Waals surface area contributed by atoms with E-state index in [0.29, 0.717) is 0 Å². The lowest BCUT2D eigenvalue weighted by molar-refractivity contribution is -0.137. The predicted octanol–water partition coefficient (Wildman–Crippen LogP) is 4.31. The molecule has 1 aliphatic rings. The third-order valence-corrected chi connectivity index (χ3v) is 4.70. The van der Waals surface area contributed by atoms with E-state index in [1.807, 2.05) is 32.0 Å². The van der Waals surface area contributed by atoms with E-state index in [0.717, 1.165) is 22.9 Å². The highest BCUT2D eigenvalue weighted by atomic mass is 19.4. The van der Waals surface area contributed by atoms with Crippen molar-refractivity contribution >= 4 is 23.2 Å². The zero-order valence-electron chi connectivity index (χ0n) is 14.9. The number of anilines is 2. The highest BCUT2D eigenvalue weighted by molar-refractivity contribution is 6.04. The average Bonchev–Trinajstić information content (AvgIpc) is 2.96. The molecule has 1 fully saturated rings. The molecule has 0 spiro atoms. The molecule has 1 atom stereocenters. The number of benzene rings is 2. The van der Waals surface area contributed by atoms with E-state index in [4.69, 9.17) is 0 Å². The topological polar surface area (TPSA) is 49.4 Å². The van der Waals surface area contributed by atoms with Crippen LogP contribution in [0, 0.1) is 19.8 Å². The molecule has 0 unspecified atom stereocenters. The van der Waals surface area contributed by atoms with E-state index < -0.39 is 23.6 Å². The summed E-state index contributed by atoms with van der Waals surface area (Å²) in [5.41, 5.74) is 1.37. The van der Waals surface area contributed by atoms with Gasteiger partial charge >= 0.3 is 6.18 Å². The molecule has 0 bridgehead atoms. The van der Waals surface area contributed by atoms with Crippen LogP contribution in [0.4, 0.5) is 24.5 Å². The molecule has 1 heterocycles. The van der Waals surface area contributed by atoms with E-state index in [-0.39, 0.29) is 24.6 Å². The van der Waals surface area contributed by atoms with Crippen molar-refractivity contribution < 1.29 is 22.8 Å². The maximum absolute atomic E-state index is 13.1. The monoisotopic (exact) mass is 376 g/mol. The first-order valence-electron chi connectivity index (χ1n) is 8.52. The maximum atomic E-state index is 13.1. The summed E-state index contributed by atoms with van der Waals surface area (Å²) in [6.07, 6.45) is -4.60. The molecule has 0 aromatic heterocycles. The summed E-state index contributed by atoms with van der Waals surface area (Å²) in [6, 6.07) is 10.4. The molecular formula is C20H19F3N2O2. The second-order valence-corrected chi connectivity index (χ2v) is 6.68. The fourth-order valence-corrected chi connectivity index (χ4v) is 3.40. The number of halogens is 3. The van der Waals surface area contributed by atoms with Crippen LogP contribution in [0.3, 0.4) is 0 Å². The fourth-order valence-electron chi connectivity index (χ4n) is 3.40. The number of nitrogens with zero attached hydrogens (tertiary/aromatic N) is 1. The van der Waals surface area contributed by atoms with Crippen molar-refractivity contribution in [3.05, 3.63) is 59.2 Å². The van der Waals surface area contributed by atoms with Crippen LogP contribution in [-0.2, 0) is 15.8 Å². The highest BCUT2D eigenvalue weighted by Gasteiger charge is 2.38. The van der Waals surface area contributed by atoms with Gasteiger partial charge in [0, 0.05) is 18.7 Å². The summed E-state index contributed by atoms with van der Waals surface area (Å²) in [6.45, 7) is 3.90. The van der Waals surface area contributed by atoms with E-state index in [1.54, 1.807) is 4.90 Å². The molecule has 0 aliphatic carbocycles. The summed E-state index contributed by atoms with van der Waals surface area (Å²) >= 11 is 0. The molecule has 3 rings (SSSR count). The lowest BCUT2D eigenvalue weighted by Crippen LogP contribution is -2.29. The number of alkyl halides is 3. The van der Waals surface area contributed by atoms with Gasteiger partial charge in [0.25, 0.3) is 0 Å². The number of para-hydroxylation sites is 2. The van der Waals surface area contributed by atoms with Gasteiger partial charge in [0.2, 0.25) is 11.8 Å². The van der Waals surface area contributed by atoms with E-state index in [1.165, 1.54) is 18.2 Å². The summed E-state index contributed by atoms with van der Waals surface area (Å²) in [5.74, 6) is -1.51. The third kappa shape index (κ3) is 3.82. The van der Waals surface area contributed by atoms with Crippen LogP contribution in [0.5, 0.6) is 0 Å². The first-order valence-corrected chi connectivity index (χ1v) is 8.52. The molecule has 2 amide bonds. The number of carbonyl (C=O) groups is 2. The summed E-state index contributed by atoms with van der Waals surface area (Å²) < 4.78 is 39.3. The molecule has 1 aliphatic heterocycles. The first-order chi connectivity index (χ1) is 12.7. The Morgan fingerprint density at radius 3 is 2.33 bits per heavy atom. The zero-order valence-corrected chi connectivity index (χ0v) is 14.9. The largest absolute Gasteiger partial charge is 0.418 e. The minimum Gasteiger partial charge on any atom is -0.325 e. The number of amides is 2. The number of aryl methyl sites for hydroxylation is 2. The average molecular weight is 376 g/mol. The van der Waals surface area contributed by atoms with Gasteiger partial charge in [-0.05, 0) is 37.1 Å². The van der Waals surface area contributed by atoms with E-state index in [9.17, 15) is 22.8 Å². The predicted molar refractivity (Wildman–Crippen MR) is 96.4 cm³/mol. The number of carbonyl (C=O) groups excluding carboxylic acids is 2. The Morgan fingerprint density at radius 1 is 1.07 bits per heavy atom. The minimum absolute atomic E-state index is 0.0339. The quantitative estimate of drug-likeness (QED) is 0.868. The van der Waals surface area contributed by atoms with Crippen LogP contribution in [-0.4, -0.2) is 18.4 Å². The van der Waals surface area contributed by atoms with Crippen molar-refractivity contribution in [3.8, 4) is 0 Å². The SMILES string of the molecule is Cc1cccc(C)c1N1C[C@H](C(=O)Nc2ccccc2C(F)(F)F)CC1=O. The van der Waals surface area contributed by atoms with Crippen molar-refractivity contribution in [2.24, 2.45) is 5.92 Å². The molecule has 1 saturated heterocycles. The Hall–Kier alpha value is -2.83. The van der Waals surface area contributed by atoms with Crippen LogP contribution in [0.25, 0.3) is 0 Å². The van der Waals surface area contributed by atoms with Crippen LogP contribution in [0.15, 0.2) is 42.5 Å². The number of nitrogens with one attached hydrogen (secondary N) is 1.